The molecule has 32 heavy (non-hydrogen) atoms. The number of carbonyl (C=O) groups excluding carboxylic acids is 3. The number of hydrogen-bond donors (Lipinski definition) is 1. The summed E-state index contributed by atoms with van der Waals surface area (Å²) in [6.07, 6.45) is 6.69. The van der Waals surface area contributed by atoms with E-state index in [1.54, 1.807) is 0 Å². The fourth-order valence-electron chi connectivity index (χ4n) is 5.27. The Morgan fingerprint density at radius 1 is 1.16 bits per heavy atom. The Bertz CT molecular complexity index is 953. The molecule has 1 fully saturated rings. The topological polar surface area (TPSA) is 81.7 Å². The number of nitrogens with one attached hydrogen (secondary N) is 1. The summed E-state index contributed by atoms with van der Waals surface area (Å²) in [5, 5.41) is 5.26. The van der Waals surface area contributed by atoms with Crippen LogP contribution in [0.15, 0.2) is 40.1 Å². The number of rotatable bonds is 4. The van der Waals surface area contributed by atoms with Gasteiger partial charge in [-0.05, 0) is 56.4 Å². The van der Waals surface area contributed by atoms with Gasteiger partial charge in [0.2, 0.25) is 0 Å². The first-order chi connectivity index (χ1) is 15.4. The summed E-state index contributed by atoms with van der Waals surface area (Å²) in [6, 6.07) is 3.86. The summed E-state index contributed by atoms with van der Waals surface area (Å²) in [5.41, 5.74) is 2.49. The molecule has 6 nitrogen and oxygen atoms in total. The third-order valence-corrected chi connectivity index (χ3v) is 7.80. The average Bonchev–Trinajstić information content (AvgIpc) is 3.17. The van der Waals surface area contributed by atoms with Crippen molar-refractivity contribution < 1.29 is 23.9 Å². The molecule has 1 N–H and O–H groups in total. The van der Waals surface area contributed by atoms with Crippen LogP contribution in [0.25, 0.3) is 0 Å². The first kappa shape index (κ1) is 22.8. The van der Waals surface area contributed by atoms with Crippen LogP contribution in [0.1, 0.15) is 69.6 Å². The highest BCUT2D eigenvalue weighted by molar-refractivity contribution is 7.10. The molecular weight excluding hydrogens is 426 g/mol. The molecule has 1 saturated carbocycles. The molecule has 3 atom stereocenters. The first-order valence-corrected chi connectivity index (χ1v) is 12.4. The van der Waals surface area contributed by atoms with Gasteiger partial charge in [-0.15, -0.1) is 11.3 Å². The number of carbonyl (C=O) groups is 3. The van der Waals surface area contributed by atoms with Crippen LogP contribution in [0.2, 0.25) is 0 Å². The summed E-state index contributed by atoms with van der Waals surface area (Å²) in [6.45, 7) is 3.76. The molecule has 7 heteroatoms. The number of Topliss-reactive ketones (excluding diaryl/α,β-unsaturated/α-hetero) is 1. The molecule has 1 aromatic heterocycles. The number of thiophene rings is 1. The monoisotopic (exact) mass is 457 g/mol. The Kier molecular flexibility index (Phi) is 6.84. The standard InChI is InChI=1S/C25H31NO5S/c1-14-13-17-21(23(27)19(14)24(28)30-3)22(18-11-8-12-32-18)20(15(2)26-17)25(29)31-16-9-6-4-5-7-10-16/h8,11-12,14,16,19,22,26H,4-7,9-10,13H2,1-3H3/t14-,19-,22-/m0/s1. The average molecular weight is 458 g/mol. The van der Waals surface area contributed by atoms with Crippen molar-refractivity contribution in [1.29, 1.82) is 0 Å². The number of ether oxygens (including phenoxy) is 2. The molecule has 0 unspecified atom stereocenters. The maximum absolute atomic E-state index is 13.6. The molecule has 0 saturated heterocycles. The molecule has 4 rings (SSSR count). The quantitative estimate of drug-likeness (QED) is 0.403. The summed E-state index contributed by atoms with van der Waals surface area (Å²) >= 11 is 1.50. The van der Waals surface area contributed by atoms with Gasteiger partial charge in [-0.3, -0.25) is 9.59 Å². The second kappa shape index (κ2) is 9.61. The Balaban J connectivity index is 1.71. The van der Waals surface area contributed by atoms with Gasteiger partial charge in [0.15, 0.2) is 5.78 Å². The normalized spacial score (nSPS) is 26.8. The fraction of sp³-hybridized carbons (Fsp3) is 0.560. The summed E-state index contributed by atoms with van der Waals surface area (Å²) in [5.74, 6) is -2.72. The molecule has 172 valence electrons. The van der Waals surface area contributed by atoms with Gasteiger partial charge in [-0.2, -0.15) is 0 Å². The van der Waals surface area contributed by atoms with E-state index in [9.17, 15) is 14.4 Å². The van der Waals surface area contributed by atoms with Gasteiger partial charge in [-0.25, -0.2) is 4.79 Å². The zero-order valence-electron chi connectivity index (χ0n) is 18.9. The van der Waals surface area contributed by atoms with Crippen molar-refractivity contribution in [3.8, 4) is 0 Å². The third-order valence-electron chi connectivity index (χ3n) is 6.87. The lowest BCUT2D eigenvalue weighted by Crippen LogP contribution is -2.43. The molecule has 0 amide bonds. The van der Waals surface area contributed by atoms with Crippen molar-refractivity contribution in [2.24, 2.45) is 11.8 Å². The Morgan fingerprint density at radius 2 is 1.88 bits per heavy atom. The van der Waals surface area contributed by atoms with E-state index in [0.29, 0.717) is 17.6 Å². The SMILES string of the molecule is COC(=O)[C@@H]1C(=O)C2=C(C[C@@H]1C)NC(C)=C(C(=O)OC1CCCCCC1)[C@@H]2c1cccs1. The largest absolute Gasteiger partial charge is 0.468 e. The van der Waals surface area contributed by atoms with Gasteiger partial charge in [0.05, 0.1) is 18.6 Å². The smallest absolute Gasteiger partial charge is 0.337 e. The highest BCUT2D eigenvalue weighted by Crippen LogP contribution is 2.46. The maximum Gasteiger partial charge on any atom is 0.337 e. The van der Waals surface area contributed by atoms with Crippen LogP contribution < -0.4 is 5.32 Å². The lowest BCUT2D eigenvalue weighted by molar-refractivity contribution is -0.151. The van der Waals surface area contributed by atoms with Gasteiger partial charge < -0.3 is 14.8 Å². The predicted molar refractivity (Wildman–Crippen MR) is 122 cm³/mol. The minimum Gasteiger partial charge on any atom is -0.468 e. The maximum atomic E-state index is 13.6. The van der Waals surface area contributed by atoms with Crippen LogP contribution in [-0.2, 0) is 23.9 Å². The van der Waals surface area contributed by atoms with E-state index < -0.39 is 17.8 Å². The van der Waals surface area contributed by atoms with Crippen molar-refractivity contribution in [3.63, 3.8) is 0 Å². The molecule has 2 aliphatic carbocycles. The van der Waals surface area contributed by atoms with Crippen molar-refractivity contribution in [2.45, 2.75) is 70.8 Å². The van der Waals surface area contributed by atoms with E-state index in [1.807, 2.05) is 31.4 Å². The van der Waals surface area contributed by atoms with Crippen molar-refractivity contribution >= 4 is 29.1 Å². The Morgan fingerprint density at radius 3 is 2.50 bits per heavy atom. The molecule has 1 aromatic rings. The molecule has 0 spiro atoms. The summed E-state index contributed by atoms with van der Waals surface area (Å²) in [4.78, 5) is 40.4. The summed E-state index contributed by atoms with van der Waals surface area (Å²) < 4.78 is 10.9. The van der Waals surface area contributed by atoms with Crippen LogP contribution in [0, 0.1) is 11.8 Å². The molecular formula is C25H31NO5S. The van der Waals surface area contributed by atoms with Gasteiger partial charge in [-0.1, -0.05) is 25.8 Å². The van der Waals surface area contributed by atoms with E-state index in [2.05, 4.69) is 5.32 Å². The number of methoxy groups -OCH3 is 1. The highest BCUT2D eigenvalue weighted by atomic mass is 32.1. The molecule has 2 heterocycles. The van der Waals surface area contributed by atoms with Gasteiger partial charge in [0.1, 0.15) is 12.0 Å². The van der Waals surface area contributed by atoms with Gasteiger partial charge in [0, 0.05) is 21.8 Å². The molecule has 0 radical (unpaired) electrons. The highest BCUT2D eigenvalue weighted by Gasteiger charge is 2.47. The first-order valence-electron chi connectivity index (χ1n) is 11.5. The van der Waals surface area contributed by atoms with Crippen molar-refractivity contribution in [3.05, 3.63) is 44.9 Å². The van der Waals surface area contributed by atoms with Crippen LogP contribution in [0.5, 0.6) is 0 Å². The summed E-state index contributed by atoms with van der Waals surface area (Å²) in [7, 11) is 1.31. The molecule has 0 aromatic carbocycles. The zero-order chi connectivity index (χ0) is 22.8. The number of hydrogen-bond acceptors (Lipinski definition) is 7. The van der Waals surface area contributed by atoms with Gasteiger partial charge >= 0.3 is 11.9 Å². The van der Waals surface area contributed by atoms with E-state index in [-0.39, 0.29) is 23.8 Å². The number of ketones is 1. The third kappa shape index (κ3) is 4.27. The van der Waals surface area contributed by atoms with Crippen LogP contribution >= 0.6 is 11.3 Å². The zero-order valence-corrected chi connectivity index (χ0v) is 19.8. The number of dihydropyridines is 1. The van der Waals surface area contributed by atoms with E-state index in [4.69, 9.17) is 9.47 Å². The van der Waals surface area contributed by atoms with Crippen LogP contribution in [0.4, 0.5) is 0 Å². The fourth-order valence-corrected chi connectivity index (χ4v) is 6.11. The van der Waals surface area contributed by atoms with Crippen LogP contribution in [0.3, 0.4) is 0 Å². The van der Waals surface area contributed by atoms with E-state index in [1.165, 1.54) is 31.3 Å². The van der Waals surface area contributed by atoms with Crippen molar-refractivity contribution in [2.75, 3.05) is 7.11 Å². The number of esters is 2. The Hall–Kier alpha value is -2.41. The number of allylic oxidation sites excluding steroid dienone is 3. The van der Waals surface area contributed by atoms with E-state index in [0.717, 1.165) is 42.0 Å². The van der Waals surface area contributed by atoms with Gasteiger partial charge in [0.25, 0.3) is 0 Å². The second-order valence-electron chi connectivity index (χ2n) is 9.07. The Labute approximate surface area is 193 Å². The lowest BCUT2D eigenvalue weighted by Gasteiger charge is -2.38. The lowest BCUT2D eigenvalue weighted by atomic mass is 9.70. The molecule has 1 aliphatic heterocycles. The minimum atomic E-state index is -0.861. The molecule has 3 aliphatic rings. The van der Waals surface area contributed by atoms with Crippen LogP contribution in [-0.4, -0.2) is 30.9 Å². The van der Waals surface area contributed by atoms with Crippen molar-refractivity contribution in [1.82, 2.24) is 5.32 Å². The second-order valence-corrected chi connectivity index (χ2v) is 10.0. The van der Waals surface area contributed by atoms with E-state index >= 15 is 0 Å². The minimum absolute atomic E-state index is 0.0884. The molecule has 0 bridgehead atoms. The predicted octanol–water partition coefficient (Wildman–Crippen LogP) is 4.63.